The number of benzene rings is 2. The van der Waals surface area contributed by atoms with Crippen LogP contribution in [-0.4, -0.2) is 32.3 Å². The molecule has 0 spiro atoms. The van der Waals surface area contributed by atoms with Crippen molar-refractivity contribution >= 4 is 25.3 Å². The summed E-state index contributed by atoms with van der Waals surface area (Å²) in [6.45, 7) is 4.67. The van der Waals surface area contributed by atoms with Crippen LogP contribution in [-0.2, 0) is 11.3 Å². The quantitative estimate of drug-likeness (QED) is 0.418. The van der Waals surface area contributed by atoms with Crippen molar-refractivity contribution < 1.29 is 4.79 Å². The monoisotopic (exact) mass is 369 g/mol. The molecular formula is C20H19NOSe. The first-order valence-electron chi connectivity index (χ1n) is 7.35. The van der Waals surface area contributed by atoms with Gasteiger partial charge in [0.15, 0.2) is 0 Å². The van der Waals surface area contributed by atoms with Crippen molar-refractivity contribution in [2.24, 2.45) is 0 Å². The third-order valence-corrected chi connectivity index (χ3v) is 4.85. The number of carbonyl (C=O) groups is 1. The van der Waals surface area contributed by atoms with E-state index in [4.69, 9.17) is 0 Å². The van der Waals surface area contributed by atoms with Crippen molar-refractivity contribution in [2.45, 2.75) is 6.54 Å². The SMILES string of the molecule is C=C=CCN(Cc1ccccc1)C(=O)/C=C\[Se]c1ccccc1. The van der Waals surface area contributed by atoms with Crippen molar-refractivity contribution in [3.8, 4) is 0 Å². The van der Waals surface area contributed by atoms with Crippen LogP contribution < -0.4 is 4.46 Å². The van der Waals surface area contributed by atoms with Crippen molar-refractivity contribution in [1.29, 1.82) is 0 Å². The molecule has 0 bridgehead atoms. The summed E-state index contributed by atoms with van der Waals surface area (Å²) in [6, 6.07) is 20.2. The topological polar surface area (TPSA) is 20.3 Å². The Kier molecular flexibility index (Phi) is 7.16. The molecule has 0 aliphatic heterocycles. The predicted octanol–water partition coefficient (Wildman–Crippen LogP) is 2.90. The van der Waals surface area contributed by atoms with Crippen LogP contribution in [0.5, 0.6) is 0 Å². The Morgan fingerprint density at radius 1 is 1.09 bits per heavy atom. The van der Waals surface area contributed by atoms with Gasteiger partial charge in [-0.05, 0) is 0 Å². The first-order chi connectivity index (χ1) is 11.3. The van der Waals surface area contributed by atoms with Gasteiger partial charge in [-0.1, -0.05) is 0 Å². The molecule has 0 atom stereocenters. The fourth-order valence-corrected chi connectivity index (χ4v) is 3.36. The summed E-state index contributed by atoms with van der Waals surface area (Å²) in [5.74, 6) is 0.0122. The normalized spacial score (nSPS) is 10.3. The van der Waals surface area contributed by atoms with E-state index in [1.165, 1.54) is 4.46 Å². The second-order valence-electron chi connectivity index (χ2n) is 4.85. The molecule has 2 aromatic rings. The Balaban J connectivity index is 1.99. The van der Waals surface area contributed by atoms with E-state index < -0.39 is 0 Å². The van der Waals surface area contributed by atoms with Crippen LogP contribution in [0, 0.1) is 0 Å². The first kappa shape index (κ1) is 17.0. The fraction of sp³-hybridized carbons (Fsp3) is 0.100. The van der Waals surface area contributed by atoms with Crippen LogP contribution in [0.2, 0.25) is 0 Å². The van der Waals surface area contributed by atoms with Crippen LogP contribution in [0.3, 0.4) is 0 Å². The van der Waals surface area contributed by atoms with Gasteiger partial charge in [-0.3, -0.25) is 0 Å². The molecule has 0 saturated carbocycles. The standard InChI is InChI=1S/C20H19NOSe/c1-2-3-15-21(17-18-10-6-4-7-11-18)20(22)14-16-23-19-12-8-5-9-13-19/h3-14,16H,1,15,17H2/b16-14-. The Bertz CT molecular complexity index is 688. The van der Waals surface area contributed by atoms with E-state index in [9.17, 15) is 4.79 Å². The summed E-state index contributed by atoms with van der Waals surface area (Å²) in [5, 5.41) is 0. The molecule has 23 heavy (non-hydrogen) atoms. The minimum atomic E-state index is 0.0122. The van der Waals surface area contributed by atoms with Crippen LogP contribution >= 0.6 is 0 Å². The summed E-state index contributed by atoms with van der Waals surface area (Å²) >= 11 is 0.170. The van der Waals surface area contributed by atoms with Crippen LogP contribution in [0.15, 0.2) is 90.1 Å². The van der Waals surface area contributed by atoms with Gasteiger partial charge in [-0.2, -0.15) is 0 Å². The van der Waals surface area contributed by atoms with E-state index in [1.807, 2.05) is 53.5 Å². The Labute approximate surface area is 144 Å². The van der Waals surface area contributed by atoms with Crippen molar-refractivity contribution in [1.82, 2.24) is 4.90 Å². The van der Waals surface area contributed by atoms with Crippen molar-refractivity contribution in [2.75, 3.05) is 6.54 Å². The average Bonchev–Trinajstić information content (AvgIpc) is 2.60. The van der Waals surface area contributed by atoms with Crippen molar-refractivity contribution in [3.05, 3.63) is 95.7 Å². The molecule has 2 nitrogen and oxygen atoms in total. The number of hydrogen-bond acceptors (Lipinski definition) is 1. The molecule has 0 fully saturated rings. The zero-order valence-electron chi connectivity index (χ0n) is 12.9. The van der Waals surface area contributed by atoms with Gasteiger partial charge in [0, 0.05) is 0 Å². The van der Waals surface area contributed by atoms with Gasteiger partial charge >= 0.3 is 144 Å². The molecule has 0 N–H and O–H groups in total. The van der Waals surface area contributed by atoms with E-state index in [-0.39, 0.29) is 20.9 Å². The van der Waals surface area contributed by atoms with Crippen molar-refractivity contribution in [3.63, 3.8) is 0 Å². The van der Waals surface area contributed by atoms with Gasteiger partial charge in [0.05, 0.1) is 0 Å². The number of nitrogens with zero attached hydrogens (tertiary/aromatic N) is 1. The maximum absolute atomic E-state index is 12.4. The molecule has 0 aromatic heterocycles. The van der Waals surface area contributed by atoms with E-state index in [0.29, 0.717) is 13.1 Å². The van der Waals surface area contributed by atoms with E-state index in [1.54, 1.807) is 17.1 Å². The van der Waals surface area contributed by atoms with Gasteiger partial charge < -0.3 is 0 Å². The summed E-state index contributed by atoms with van der Waals surface area (Å²) in [6.07, 6.45) is 3.45. The van der Waals surface area contributed by atoms with E-state index in [0.717, 1.165) is 5.56 Å². The number of hydrogen-bond donors (Lipinski definition) is 0. The second kappa shape index (κ2) is 9.65. The van der Waals surface area contributed by atoms with Gasteiger partial charge in [0.25, 0.3) is 0 Å². The Morgan fingerprint density at radius 3 is 2.39 bits per heavy atom. The number of rotatable bonds is 7. The number of amides is 1. The third kappa shape index (κ3) is 6.14. The maximum atomic E-state index is 12.4. The molecule has 1 amide bonds. The van der Waals surface area contributed by atoms with E-state index >= 15 is 0 Å². The average molecular weight is 368 g/mol. The summed E-state index contributed by atoms with van der Waals surface area (Å²) in [5.41, 5.74) is 3.84. The Morgan fingerprint density at radius 2 is 1.74 bits per heavy atom. The molecular weight excluding hydrogens is 349 g/mol. The molecule has 0 aliphatic rings. The Hall–Kier alpha value is -2.31. The summed E-state index contributed by atoms with van der Waals surface area (Å²) in [4.78, 5) is 16.2. The second-order valence-corrected chi connectivity index (χ2v) is 6.90. The molecule has 2 aromatic carbocycles. The molecule has 116 valence electrons. The summed E-state index contributed by atoms with van der Waals surface area (Å²) in [7, 11) is 0. The predicted molar refractivity (Wildman–Crippen MR) is 96.5 cm³/mol. The van der Waals surface area contributed by atoms with Crippen LogP contribution in [0.25, 0.3) is 0 Å². The van der Waals surface area contributed by atoms with Gasteiger partial charge in [0.1, 0.15) is 0 Å². The van der Waals surface area contributed by atoms with Gasteiger partial charge in [0.2, 0.25) is 0 Å². The zero-order valence-corrected chi connectivity index (χ0v) is 14.6. The van der Waals surface area contributed by atoms with Crippen LogP contribution in [0.4, 0.5) is 0 Å². The van der Waals surface area contributed by atoms with E-state index in [2.05, 4.69) is 24.4 Å². The summed E-state index contributed by atoms with van der Waals surface area (Å²) < 4.78 is 1.25. The molecule has 0 radical (unpaired) electrons. The molecule has 3 heteroatoms. The molecule has 2 rings (SSSR count). The van der Waals surface area contributed by atoms with Gasteiger partial charge in [-0.25, -0.2) is 0 Å². The molecule has 0 saturated heterocycles. The number of carbonyl (C=O) groups excluding carboxylic acids is 1. The van der Waals surface area contributed by atoms with Crippen LogP contribution in [0.1, 0.15) is 5.56 Å². The third-order valence-electron chi connectivity index (χ3n) is 3.14. The molecule has 0 aliphatic carbocycles. The molecule has 0 unspecified atom stereocenters. The molecule has 0 heterocycles. The van der Waals surface area contributed by atoms with Gasteiger partial charge in [-0.15, -0.1) is 0 Å². The minimum absolute atomic E-state index is 0.0122. The zero-order chi connectivity index (χ0) is 16.3. The first-order valence-corrected chi connectivity index (χ1v) is 9.19. The fourth-order valence-electron chi connectivity index (χ4n) is 1.99.